The van der Waals surface area contributed by atoms with Crippen LogP contribution in [-0.4, -0.2) is 5.33 Å². The van der Waals surface area contributed by atoms with Gasteiger partial charge in [-0.15, -0.1) is 0 Å². The molecule has 1 rings (SSSR count). The Morgan fingerprint density at radius 3 is 2.46 bits per heavy atom. The van der Waals surface area contributed by atoms with E-state index in [1.165, 1.54) is 24.8 Å². The highest BCUT2D eigenvalue weighted by Gasteiger charge is 2.00. The van der Waals surface area contributed by atoms with Gasteiger partial charge in [0.1, 0.15) is 0 Å². The van der Waals surface area contributed by atoms with Crippen LogP contribution in [0.15, 0.2) is 30.3 Å². The van der Waals surface area contributed by atoms with E-state index < -0.39 is 0 Å². The molecule has 0 aliphatic heterocycles. The number of aryl methyl sites for hydroxylation is 1. The predicted molar refractivity (Wildman–Crippen MR) is 62.3 cm³/mol. The van der Waals surface area contributed by atoms with Gasteiger partial charge < -0.3 is 0 Å². The van der Waals surface area contributed by atoms with Crippen LogP contribution in [0.25, 0.3) is 0 Å². The summed E-state index contributed by atoms with van der Waals surface area (Å²) < 4.78 is 0. The van der Waals surface area contributed by atoms with E-state index in [0.717, 1.165) is 11.2 Å². The molecule has 1 unspecified atom stereocenters. The van der Waals surface area contributed by atoms with E-state index in [-0.39, 0.29) is 0 Å². The summed E-state index contributed by atoms with van der Waals surface area (Å²) in [4.78, 5) is 0. The number of halogens is 1. The first-order valence-corrected chi connectivity index (χ1v) is 6.05. The van der Waals surface area contributed by atoms with Crippen molar-refractivity contribution < 1.29 is 0 Å². The van der Waals surface area contributed by atoms with E-state index >= 15 is 0 Å². The molecule has 0 nitrogen and oxygen atoms in total. The van der Waals surface area contributed by atoms with Crippen molar-refractivity contribution in [3.8, 4) is 0 Å². The summed E-state index contributed by atoms with van der Waals surface area (Å²) in [5.74, 6) is 0.833. The second kappa shape index (κ2) is 6.20. The van der Waals surface area contributed by atoms with Crippen LogP contribution >= 0.6 is 15.9 Å². The van der Waals surface area contributed by atoms with Crippen LogP contribution in [0.5, 0.6) is 0 Å². The molecule has 0 amide bonds. The largest absolute Gasteiger partial charge is 0.0928 e. The summed E-state index contributed by atoms with van der Waals surface area (Å²) in [5, 5.41) is 1.13. The number of hydrogen-bond donors (Lipinski definition) is 0. The van der Waals surface area contributed by atoms with E-state index in [1.54, 1.807) is 0 Å². The van der Waals surface area contributed by atoms with Crippen molar-refractivity contribution in [2.75, 3.05) is 5.33 Å². The Balaban J connectivity index is 2.27. The molecule has 1 heteroatoms. The second-order valence-electron chi connectivity index (χ2n) is 3.61. The zero-order chi connectivity index (χ0) is 9.52. The first-order chi connectivity index (χ1) is 6.33. The van der Waals surface area contributed by atoms with E-state index in [2.05, 4.69) is 53.2 Å². The summed E-state index contributed by atoms with van der Waals surface area (Å²) in [6.45, 7) is 2.32. The fraction of sp³-hybridized carbons (Fsp3) is 0.500. The SMILES string of the molecule is CC(CCBr)CCc1ccccc1. The van der Waals surface area contributed by atoms with Crippen molar-refractivity contribution in [2.24, 2.45) is 5.92 Å². The van der Waals surface area contributed by atoms with Crippen LogP contribution in [0.1, 0.15) is 25.3 Å². The Bertz CT molecular complexity index is 218. The van der Waals surface area contributed by atoms with E-state index in [4.69, 9.17) is 0 Å². The fourth-order valence-electron chi connectivity index (χ4n) is 1.39. The number of benzene rings is 1. The van der Waals surface area contributed by atoms with Crippen LogP contribution in [0.2, 0.25) is 0 Å². The maximum absolute atomic E-state index is 3.48. The Morgan fingerprint density at radius 1 is 1.15 bits per heavy atom. The number of hydrogen-bond acceptors (Lipinski definition) is 0. The van der Waals surface area contributed by atoms with Crippen molar-refractivity contribution in [2.45, 2.75) is 26.2 Å². The molecule has 1 aromatic rings. The molecule has 0 aliphatic carbocycles. The molecule has 0 aliphatic rings. The van der Waals surface area contributed by atoms with Gasteiger partial charge >= 0.3 is 0 Å². The summed E-state index contributed by atoms with van der Waals surface area (Å²) in [6.07, 6.45) is 3.80. The summed E-state index contributed by atoms with van der Waals surface area (Å²) in [5.41, 5.74) is 1.46. The molecular weight excluding hydrogens is 224 g/mol. The van der Waals surface area contributed by atoms with Gasteiger partial charge in [-0.3, -0.25) is 0 Å². The predicted octanol–water partition coefficient (Wildman–Crippen LogP) is 4.04. The lowest BCUT2D eigenvalue weighted by molar-refractivity contribution is 0.522. The number of rotatable bonds is 5. The highest BCUT2D eigenvalue weighted by Crippen LogP contribution is 2.13. The Hall–Kier alpha value is -0.300. The zero-order valence-electron chi connectivity index (χ0n) is 8.17. The number of alkyl halides is 1. The average Bonchev–Trinajstić information content (AvgIpc) is 2.17. The van der Waals surface area contributed by atoms with Crippen LogP contribution in [0, 0.1) is 5.92 Å². The first kappa shape index (κ1) is 10.8. The standard InChI is InChI=1S/C12H17Br/c1-11(9-10-13)7-8-12-5-3-2-4-6-12/h2-6,11H,7-10H2,1H3. The van der Waals surface area contributed by atoms with Gasteiger partial charge in [-0.2, -0.15) is 0 Å². The van der Waals surface area contributed by atoms with Gasteiger partial charge in [-0.05, 0) is 30.7 Å². The minimum Gasteiger partial charge on any atom is -0.0928 e. The molecule has 0 radical (unpaired) electrons. The van der Waals surface area contributed by atoms with Crippen LogP contribution in [0.3, 0.4) is 0 Å². The lowest BCUT2D eigenvalue weighted by Crippen LogP contribution is -1.97. The topological polar surface area (TPSA) is 0 Å². The van der Waals surface area contributed by atoms with Gasteiger partial charge in [0.2, 0.25) is 0 Å². The molecule has 0 bridgehead atoms. The van der Waals surface area contributed by atoms with Crippen LogP contribution in [-0.2, 0) is 6.42 Å². The summed E-state index contributed by atoms with van der Waals surface area (Å²) >= 11 is 3.48. The highest BCUT2D eigenvalue weighted by atomic mass is 79.9. The first-order valence-electron chi connectivity index (χ1n) is 4.93. The van der Waals surface area contributed by atoms with Gasteiger partial charge in [0.25, 0.3) is 0 Å². The molecule has 1 aromatic carbocycles. The van der Waals surface area contributed by atoms with Crippen molar-refractivity contribution in [3.63, 3.8) is 0 Å². The van der Waals surface area contributed by atoms with Crippen LogP contribution in [0.4, 0.5) is 0 Å². The minimum absolute atomic E-state index is 0.833. The molecule has 0 saturated heterocycles. The van der Waals surface area contributed by atoms with Crippen molar-refractivity contribution in [3.05, 3.63) is 35.9 Å². The van der Waals surface area contributed by atoms with Crippen molar-refractivity contribution >= 4 is 15.9 Å². The smallest absolute Gasteiger partial charge is 0.00338 e. The Kier molecular flexibility index (Phi) is 5.14. The Labute approximate surface area is 89.5 Å². The van der Waals surface area contributed by atoms with Gasteiger partial charge in [-0.25, -0.2) is 0 Å². The normalized spacial score (nSPS) is 12.8. The molecule has 0 heterocycles. The molecule has 0 N–H and O–H groups in total. The third kappa shape index (κ3) is 4.47. The van der Waals surface area contributed by atoms with E-state index in [1.807, 2.05) is 0 Å². The molecular formula is C12H17Br. The molecule has 13 heavy (non-hydrogen) atoms. The van der Waals surface area contributed by atoms with Gasteiger partial charge in [0, 0.05) is 5.33 Å². The average molecular weight is 241 g/mol. The van der Waals surface area contributed by atoms with Gasteiger partial charge in [-0.1, -0.05) is 53.2 Å². The second-order valence-corrected chi connectivity index (χ2v) is 4.40. The molecule has 0 fully saturated rings. The lowest BCUT2D eigenvalue weighted by atomic mass is 9.99. The monoisotopic (exact) mass is 240 g/mol. The molecule has 0 saturated carbocycles. The third-order valence-electron chi connectivity index (χ3n) is 2.37. The Morgan fingerprint density at radius 2 is 1.85 bits per heavy atom. The third-order valence-corrected chi connectivity index (χ3v) is 2.83. The lowest BCUT2D eigenvalue weighted by Gasteiger charge is -2.08. The highest BCUT2D eigenvalue weighted by molar-refractivity contribution is 9.09. The van der Waals surface area contributed by atoms with E-state index in [0.29, 0.717) is 0 Å². The maximum Gasteiger partial charge on any atom is 0.00338 e. The molecule has 1 atom stereocenters. The van der Waals surface area contributed by atoms with Crippen molar-refractivity contribution in [1.29, 1.82) is 0 Å². The quantitative estimate of drug-likeness (QED) is 0.682. The summed E-state index contributed by atoms with van der Waals surface area (Å²) in [7, 11) is 0. The molecule has 0 aromatic heterocycles. The van der Waals surface area contributed by atoms with Gasteiger partial charge in [0.05, 0.1) is 0 Å². The van der Waals surface area contributed by atoms with Gasteiger partial charge in [0.15, 0.2) is 0 Å². The molecule has 72 valence electrons. The minimum atomic E-state index is 0.833. The van der Waals surface area contributed by atoms with Crippen LogP contribution < -0.4 is 0 Å². The summed E-state index contributed by atoms with van der Waals surface area (Å²) in [6, 6.07) is 10.7. The maximum atomic E-state index is 3.48. The fourth-order valence-corrected chi connectivity index (χ4v) is 2.17. The zero-order valence-corrected chi connectivity index (χ0v) is 9.76. The van der Waals surface area contributed by atoms with Crippen molar-refractivity contribution in [1.82, 2.24) is 0 Å². The van der Waals surface area contributed by atoms with E-state index in [9.17, 15) is 0 Å². The molecule has 0 spiro atoms.